The highest BCUT2D eigenvalue weighted by Gasteiger charge is 2.21. The number of aromatic nitrogens is 1. The van der Waals surface area contributed by atoms with Gasteiger partial charge in [-0.2, -0.15) is 0 Å². The van der Waals surface area contributed by atoms with Gasteiger partial charge in [0.1, 0.15) is 6.10 Å². The van der Waals surface area contributed by atoms with Crippen LogP contribution in [-0.2, 0) is 4.74 Å². The normalized spacial score (nSPS) is 19.6. The molecule has 2 heterocycles. The van der Waals surface area contributed by atoms with Crippen molar-refractivity contribution < 1.29 is 9.47 Å². The molecule has 5 heteroatoms. The van der Waals surface area contributed by atoms with Gasteiger partial charge >= 0.3 is 0 Å². The Hall–Kier alpha value is -1.29. The molecule has 1 aliphatic rings. The van der Waals surface area contributed by atoms with Gasteiger partial charge in [-0.05, 0) is 48.1 Å². The van der Waals surface area contributed by atoms with Gasteiger partial charge in [-0.1, -0.05) is 43.1 Å². The Bertz CT molecular complexity index is 744. The standard InChI is InChI=1S/C20H23Cl2NO2/c1-12-8-16(10-23-20(12)25-17-6-7-24-11-17)14(3)13(2)15-4-5-18(21)19(22)9-15/h4-5,8-10,13-14,17H,6-7,11H2,1-3H3. The zero-order valence-corrected chi connectivity index (χ0v) is 16.3. The molecule has 25 heavy (non-hydrogen) atoms. The minimum atomic E-state index is 0.115. The van der Waals surface area contributed by atoms with Gasteiger partial charge in [-0.25, -0.2) is 4.98 Å². The number of rotatable bonds is 5. The molecular weight excluding hydrogens is 357 g/mol. The van der Waals surface area contributed by atoms with E-state index in [1.165, 1.54) is 11.1 Å². The summed E-state index contributed by atoms with van der Waals surface area (Å²) in [5.74, 6) is 1.30. The number of halogens is 2. The fourth-order valence-electron chi connectivity index (χ4n) is 3.09. The second-order valence-corrected chi connectivity index (χ2v) is 7.56. The van der Waals surface area contributed by atoms with Crippen LogP contribution in [0.3, 0.4) is 0 Å². The van der Waals surface area contributed by atoms with Gasteiger partial charge in [0, 0.05) is 18.2 Å². The lowest BCUT2D eigenvalue weighted by Crippen LogP contribution is -2.17. The summed E-state index contributed by atoms with van der Waals surface area (Å²) in [4.78, 5) is 4.55. The molecule has 0 N–H and O–H groups in total. The maximum atomic E-state index is 6.16. The first-order valence-corrected chi connectivity index (χ1v) is 9.37. The van der Waals surface area contributed by atoms with E-state index in [0.29, 0.717) is 34.4 Å². The molecule has 1 fully saturated rings. The number of hydrogen-bond acceptors (Lipinski definition) is 3. The zero-order chi connectivity index (χ0) is 18.0. The highest BCUT2D eigenvalue weighted by atomic mass is 35.5. The van der Waals surface area contributed by atoms with Crippen molar-refractivity contribution in [2.75, 3.05) is 13.2 Å². The predicted molar refractivity (Wildman–Crippen MR) is 102 cm³/mol. The Morgan fingerprint density at radius 2 is 1.88 bits per heavy atom. The largest absolute Gasteiger partial charge is 0.472 e. The molecule has 2 aromatic rings. The molecule has 3 rings (SSSR count). The number of hydrogen-bond donors (Lipinski definition) is 0. The summed E-state index contributed by atoms with van der Waals surface area (Å²) in [5.41, 5.74) is 3.41. The van der Waals surface area contributed by atoms with E-state index < -0.39 is 0 Å². The molecule has 1 saturated heterocycles. The summed E-state index contributed by atoms with van der Waals surface area (Å²) in [5, 5.41) is 1.18. The van der Waals surface area contributed by atoms with Crippen LogP contribution in [0.25, 0.3) is 0 Å². The van der Waals surface area contributed by atoms with Crippen LogP contribution in [0.2, 0.25) is 10.0 Å². The average Bonchev–Trinajstić information content (AvgIpc) is 3.11. The maximum Gasteiger partial charge on any atom is 0.216 e. The summed E-state index contributed by atoms with van der Waals surface area (Å²) in [6.45, 7) is 7.85. The third kappa shape index (κ3) is 4.28. The predicted octanol–water partition coefficient (Wildman–Crippen LogP) is 5.77. The first-order valence-electron chi connectivity index (χ1n) is 8.61. The highest BCUT2D eigenvalue weighted by molar-refractivity contribution is 6.42. The topological polar surface area (TPSA) is 31.4 Å². The van der Waals surface area contributed by atoms with E-state index in [2.05, 4.69) is 24.9 Å². The summed E-state index contributed by atoms with van der Waals surface area (Å²) in [6.07, 6.45) is 2.95. The van der Waals surface area contributed by atoms with Gasteiger partial charge in [0.05, 0.1) is 23.3 Å². The lowest BCUT2D eigenvalue weighted by atomic mass is 9.84. The zero-order valence-electron chi connectivity index (χ0n) is 14.8. The van der Waals surface area contributed by atoms with E-state index in [9.17, 15) is 0 Å². The first kappa shape index (κ1) is 18.5. The molecule has 3 atom stereocenters. The number of benzene rings is 1. The smallest absolute Gasteiger partial charge is 0.216 e. The molecule has 3 unspecified atom stereocenters. The third-order valence-corrected chi connectivity index (χ3v) is 5.70. The molecule has 0 saturated carbocycles. The lowest BCUT2D eigenvalue weighted by Gasteiger charge is -2.22. The Balaban J connectivity index is 1.75. The van der Waals surface area contributed by atoms with Crippen molar-refractivity contribution in [3.8, 4) is 5.88 Å². The summed E-state index contributed by atoms with van der Waals surface area (Å²) >= 11 is 12.2. The third-order valence-electron chi connectivity index (χ3n) is 4.96. The molecule has 0 amide bonds. The average molecular weight is 380 g/mol. The first-order chi connectivity index (χ1) is 12.0. The number of nitrogens with zero attached hydrogens (tertiary/aromatic N) is 1. The Morgan fingerprint density at radius 3 is 2.52 bits per heavy atom. The van der Waals surface area contributed by atoms with Crippen LogP contribution in [0.4, 0.5) is 0 Å². The molecule has 3 nitrogen and oxygen atoms in total. The molecule has 1 aliphatic heterocycles. The number of aryl methyl sites for hydroxylation is 1. The lowest BCUT2D eigenvalue weighted by molar-refractivity contribution is 0.137. The van der Waals surface area contributed by atoms with Crippen LogP contribution in [0, 0.1) is 6.92 Å². The van der Waals surface area contributed by atoms with Crippen LogP contribution in [0.1, 0.15) is 48.8 Å². The minimum Gasteiger partial charge on any atom is -0.472 e. The molecule has 0 spiro atoms. The summed E-state index contributed by atoms with van der Waals surface area (Å²) in [6, 6.07) is 8.00. The van der Waals surface area contributed by atoms with Crippen molar-refractivity contribution in [3.63, 3.8) is 0 Å². The van der Waals surface area contributed by atoms with Crippen LogP contribution >= 0.6 is 23.2 Å². The maximum absolute atomic E-state index is 6.16. The number of ether oxygens (including phenoxy) is 2. The summed E-state index contributed by atoms with van der Waals surface area (Å²) < 4.78 is 11.3. The van der Waals surface area contributed by atoms with Gasteiger partial charge in [-0.3, -0.25) is 0 Å². The van der Waals surface area contributed by atoms with E-state index in [1.54, 1.807) is 0 Å². The molecule has 134 valence electrons. The van der Waals surface area contributed by atoms with E-state index in [4.69, 9.17) is 32.7 Å². The quantitative estimate of drug-likeness (QED) is 0.660. The van der Waals surface area contributed by atoms with Gasteiger partial charge in [0.25, 0.3) is 0 Å². The molecular formula is C20H23Cl2NO2. The minimum absolute atomic E-state index is 0.115. The summed E-state index contributed by atoms with van der Waals surface area (Å²) in [7, 11) is 0. The van der Waals surface area contributed by atoms with Crippen molar-refractivity contribution >= 4 is 23.2 Å². The van der Waals surface area contributed by atoms with Gasteiger partial charge in [-0.15, -0.1) is 0 Å². The monoisotopic (exact) mass is 379 g/mol. The SMILES string of the molecule is Cc1cc(C(C)C(C)c2ccc(Cl)c(Cl)c2)cnc1OC1CCOC1. The van der Waals surface area contributed by atoms with Crippen molar-refractivity contribution in [2.24, 2.45) is 0 Å². The Labute approximate surface area is 159 Å². The van der Waals surface area contributed by atoms with Gasteiger partial charge < -0.3 is 9.47 Å². The van der Waals surface area contributed by atoms with Crippen LogP contribution < -0.4 is 4.74 Å². The Kier molecular flexibility index (Phi) is 5.88. The van der Waals surface area contributed by atoms with E-state index in [-0.39, 0.29) is 6.10 Å². The van der Waals surface area contributed by atoms with Gasteiger partial charge in [0.15, 0.2) is 0 Å². The molecule has 1 aromatic carbocycles. The fraction of sp³-hybridized carbons (Fsp3) is 0.450. The van der Waals surface area contributed by atoms with E-state index >= 15 is 0 Å². The Morgan fingerprint density at radius 1 is 1.12 bits per heavy atom. The fourth-order valence-corrected chi connectivity index (χ4v) is 3.40. The van der Waals surface area contributed by atoms with Crippen molar-refractivity contribution in [3.05, 3.63) is 57.2 Å². The van der Waals surface area contributed by atoms with Crippen LogP contribution in [0.15, 0.2) is 30.5 Å². The molecule has 0 bridgehead atoms. The molecule has 1 aromatic heterocycles. The van der Waals surface area contributed by atoms with E-state index in [1.807, 2.05) is 31.3 Å². The highest BCUT2D eigenvalue weighted by Crippen LogP contribution is 2.36. The van der Waals surface area contributed by atoms with Crippen molar-refractivity contribution in [1.82, 2.24) is 4.98 Å². The molecule has 0 radical (unpaired) electrons. The van der Waals surface area contributed by atoms with Crippen LogP contribution in [-0.4, -0.2) is 24.3 Å². The van der Waals surface area contributed by atoms with Crippen molar-refractivity contribution in [1.29, 1.82) is 0 Å². The van der Waals surface area contributed by atoms with Crippen LogP contribution in [0.5, 0.6) is 5.88 Å². The number of pyridine rings is 1. The molecule has 0 aliphatic carbocycles. The van der Waals surface area contributed by atoms with E-state index in [0.717, 1.165) is 18.6 Å². The second kappa shape index (κ2) is 7.94. The van der Waals surface area contributed by atoms with Gasteiger partial charge in [0.2, 0.25) is 5.88 Å². The van der Waals surface area contributed by atoms with Crippen molar-refractivity contribution in [2.45, 2.75) is 45.1 Å². The second-order valence-electron chi connectivity index (χ2n) is 6.75.